The highest BCUT2D eigenvalue weighted by Crippen LogP contribution is 2.52. The summed E-state index contributed by atoms with van der Waals surface area (Å²) in [6.45, 7) is 36.0. The van der Waals surface area contributed by atoms with E-state index in [4.69, 9.17) is 17.7 Å². The summed E-state index contributed by atoms with van der Waals surface area (Å²) in [5.41, 5.74) is 0. The monoisotopic (exact) mass is 588 g/mol. The summed E-state index contributed by atoms with van der Waals surface area (Å²) in [6.07, 6.45) is 0. The van der Waals surface area contributed by atoms with Crippen LogP contribution in [0.5, 0.6) is 23.0 Å². The van der Waals surface area contributed by atoms with Gasteiger partial charge in [0.15, 0.2) is 0 Å². The lowest BCUT2D eigenvalue weighted by atomic mass is 10.2. The van der Waals surface area contributed by atoms with Crippen LogP contribution in [-0.2, 0) is 0 Å². The van der Waals surface area contributed by atoms with Crippen LogP contribution in [0.25, 0.3) is 0 Å². The minimum absolute atomic E-state index is 0.141. The van der Waals surface area contributed by atoms with Crippen molar-refractivity contribution in [2.24, 2.45) is 0 Å². The molecule has 4 nitrogen and oxygen atoms in total. The topological polar surface area (TPSA) is 36.9 Å². The van der Waals surface area contributed by atoms with Gasteiger partial charge in [0.25, 0.3) is 0 Å². The largest absolute Gasteiger partial charge is 0.543 e. The standard InChI is InChI=1S/C32H56O4Si3/c1-29(2,3)37(13,14)33-25-17-21-27(22-18-25)35-39(31(7,8)9,32(10,11)12)36-28-23-19-26(20-24-28)34-38(15,16)30(4,5)6/h17-24H,1-16H3. The van der Waals surface area contributed by atoms with Crippen molar-refractivity contribution in [1.29, 1.82) is 0 Å². The third kappa shape index (κ3) is 7.73. The lowest BCUT2D eigenvalue weighted by Crippen LogP contribution is -2.62. The van der Waals surface area contributed by atoms with Crippen LogP contribution in [-0.4, -0.2) is 25.2 Å². The Kier molecular flexibility index (Phi) is 9.39. The SMILES string of the molecule is CC(C)(C)[Si](C)(C)Oc1ccc(O[Si](Oc2ccc(O[Si](C)(C)C(C)(C)C)cc2)(C(C)(C)C)C(C)(C)C)cc1. The van der Waals surface area contributed by atoms with Crippen LogP contribution in [0.3, 0.4) is 0 Å². The first-order chi connectivity index (χ1) is 17.3. The summed E-state index contributed by atoms with van der Waals surface area (Å²) < 4.78 is 27.0. The van der Waals surface area contributed by atoms with E-state index in [1.165, 1.54) is 0 Å². The van der Waals surface area contributed by atoms with E-state index >= 15 is 0 Å². The molecule has 0 aliphatic heterocycles. The van der Waals surface area contributed by atoms with E-state index in [2.05, 4.69) is 109 Å². The van der Waals surface area contributed by atoms with Gasteiger partial charge in [-0.3, -0.25) is 0 Å². The molecule has 0 N–H and O–H groups in total. The highest BCUT2D eigenvalue weighted by molar-refractivity contribution is 6.75. The smallest absolute Gasteiger partial charge is 0.471 e. The Hall–Kier alpha value is -1.71. The molecule has 39 heavy (non-hydrogen) atoms. The van der Waals surface area contributed by atoms with Crippen molar-refractivity contribution >= 4 is 25.2 Å². The van der Waals surface area contributed by atoms with Crippen LogP contribution in [0.15, 0.2) is 48.5 Å². The van der Waals surface area contributed by atoms with Gasteiger partial charge >= 0.3 is 8.56 Å². The fourth-order valence-electron chi connectivity index (χ4n) is 4.14. The molecule has 0 saturated heterocycles. The molecule has 0 saturated carbocycles. The highest BCUT2D eigenvalue weighted by atomic mass is 28.4. The van der Waals surface area contributed by atoms with Gasteiger partial charge in [-0.05, 0) is 84.8 Å². The van der Waals surface area contributed by atoms with Gasteiger partial charge in [-0.15, -0.1) is 0 Å². The Labute approximate surface area is 243 Å². The lowest BCUT2D eigenvalue weighted by Gasteiger charge is -2.48. The second kappa shape index (κ2) is 10.9. The van der Waals surface area contributed by atoms with Gasteiger partial charge < -0.3 is 17.7 Å². The lowest BCUT2D eigenvalue weighted by molar-refractivity contribution is 0.294. The number of benzene rings is 2. The molecule has 220 valence electrons. The van der Waals surface area contributed by atoms with E-state index in [-0.39, 0.29) is 20.2 Å². The average molecular weight is 589 g/mol. The van der Waals surface area contributed by atoms with E-state index in [1.54, 1.807) is 0 Å². The molecule has 0 heterocycles. The molecule has 0 amide bonds. The maximum Gasteiger partial charge on any atom is 0.471 e. The Morgan fingerprint density at radius 3 is 0.744 bits per heavy atom. The molecule has 0 radical (unpaired) electrons. The first kappa shape index (κ1) is 33.5. The molecule has 2 rings (SSSR count). The van der Waals surface area contributed by atoms with Crippen molar-refractivity contribution in [3.05, 3.63) is 48.5 Å². The Morgan fingerprint density at radius 1 is 0.359 bits per heavy atom. The molecule has 0 atom stereocenters. The summed E-state index contributed by atoms with van der Waals surface area (Å²) in [4.78, 5) is 0. The van der Waals surface area contributed by atoms with Crippen LogP contribution < -0.4 is 17.7 Å². The summed E-state index contributed by atoms with van der Waals surface area (Å²) in [6, 6.07) is 16.3. The van der Waals surface area contributed by atoms with Crippen molar-refractivity contribution in [2.75, 3.05) is 0 Å². The summed E-state index contributed by atoms with van der Waals surface area (Å²) in [7, 11) is -6.76. The molecular formula is C32H56O4Si3. The third-order valence-corrected chi connectivity index (χ3v) is 22.2. The highest BCUT2D eigenvalue weighted by Gasteiger charge is 2.62. The van der Waals surface area contributed by atoms with Gasteiger partial charge in [-0.2, -0.15) is 0 Å². The van der Waals surface area contributed by atoms with Gasteiger partial charge in [-0.25, -0.2) is 0 Å². The zero-order valence-corrected chi connectivity index (χ0v) is 30.8. The Morgan fingerprint density at radius 2 is 0.564 bits per heavy atom. The Balaban J connectivity index is 2.39. The zero-order valence-electron chi connectivity index (χ0n) is 27.8. The molecule has 0 aliphatic carbocycles. The van der Waals surface area contributed by atoms with E-state index in [0.717, 1.165) is 23.0 Å². The van der Waals surface area contributed by atoms with E-state index in [1.807, 2.05) is 48.5 Å². The number of hydrogen-bond donors (Lipinski definition) is 0. The molecule has 0 fully saturated rings. The van der Waals surface area contributed by atoms with Crippen LogP contribution in [0.2, 0.25) is 46.3 Å². The fourth-order valence-corrected chi connectivity index (χ4v) is 10.7. The maximum atomic E-state index is 6.99. The second-order valence-electron chi connectivity index (χ2n) is 16.0. The molecular weight excluding hydrogens is 533 g/mol. The van der Waals surface area contributed by atoms with Crippen molar-refractivity contribution in [1.82, 2.24) is 0 Å². The van der Waals surface area contributed by atoms with Gasteiger partial charge in [-0.1, -0.05) is 83.1 Å². The van der Waals surface area contributed by atoms with E-state index < -0.39 is 25.2 Å². The molecule has 2 aromatic carbocycles. The number of hydrogen-bond acceptors (Lipinski definition) is 4. The number of rotatable bonds is 8. The Bertz CT molecular complexity index is 990. The molecule has 0 aromatic heterocycles. The van der Waals surface area contributed by atoms with Crippen LogP contribution >= 0.6 is 0 Å². The molecule has 0 bridgehead atoms. The van der Waals surface area contributed by atoms with Crippen molar-refractivity contribution in [2.45, 2.75) is 129 Å². The maximum absolute atomic E-state index is 6.99. The first-order valence-corrected chi connectivity index (χ1v) is 21.9. The molecule has 0 unspecified atom stereocenters. The van der Waals surface area contributed by atoms with Crippen molar-refractivity contribution in [3.8, 4) is 23.0 Å². The van der Waals surface area contributed by atoms with Gasteiger partial charge in [0.05, 0.1) is 0 Å². The van der Waals surface area contributed by atoms with E-state index in [0.29, 0.717) is 0 Å². The second-order valence-corrected chi connectivity index (χ2v) is 30.1. The fraction of sp³-hybridized carbons (Fsp3) is 0.625. The van der Waals surface area contributed by atoms with Crippen molar-refractivity contribution < 1.29 is 17.7 Å². The molecule has 0 spiro atoms. The summed E-state index contributed by atoms with van der Waals surface area (Å²) in [5, 5.41) is -0.139. The van der Waals surface area contributed by atoms with Gasteiger partial charge in [0.1, 0.15) is 23.0 Å². The van der Waals surface area contributed by atoms with E-state index in [9.17, 15) is 0 Å². The van der Waals surface area contributed by atoms with Gasteiger partial charge in [0, 0.05) is 10.1 Å². The molecule has 7 heteroatoms. The first-order valence-electron chi connectivity index (χ1n) is 14.3. The predicted molar refractivity (Wildman–Crippen MR) is 175 cm³/mol. The van der Waals surface area contributed by atoms with Crippen molar-refractivity contribution in [3.63, 3.8) is 0 Å². The molecule has 0 aliphatic rings. The minimum Gasteiger partial charge on any atom is -0.543 e. The molecule has 2 aromatic rings. The zero-order chi connectivity index (χ0) is 30.3. The minimum atomic E-state index is -2.93. The predicted octanol–water partition coefficient (Wildman–Crippen LogP) is 11.0. The quantitative estimate of drug-likeness (QED) is 0.287. The normalized spacial score (nSPS) is 14.2. The van der Waals surface area contributed by atoms with Crippen LogP contribution in [0.4, 0.5) is 0 Å². The summed E-state index contributed by atoms with van der Waals surface area (Å²) >= 11 is 0. The van der Waals surface area contributed by atoms with Gasteiger partial charge in [0.2, 0.25) is 16.6 Å². The van der Waals surface area contributed by atoms with Crippen LogP contribution in [0.1, 0.15) is 83.1 Å². The average Bonchev–Trinajstić information content (AvgIpc) is 2.72. The summed E-state index contributed by atoms with van der Waals surface area (Å²) in [5.74, 6) is 3.41. The third-order valence-electron chi connectivity index (χ3n) is 8.50. The van der Waals surface area contributed by atoms with Crippen LogP contribution in [0, 0.1) is 0 Å².